The normalized spacial score (nSPS) is 11.9. The molecule has 0 bridgehead atoms. The van der Waals surface area contributed by atoms with Crippen LogP contribution in [0.3, 0.4) is 0 Å². The summed E-state index contributed by atoms with van der Waals surface area (Å²) in [6, 6.07) is 21.8. The third kappa shape index (κ3) is 3.02. The van der Waals surface area contributed by atoms with Crippen molar-refractivity contribution in [3.63, 3.8) is 0 Å². The van der Waals surface area contributed by atoms with E-state index >= 15 is 0 Å². The molecule has 0 unspecified atom stereocenters. The lowest BCUT2D eigenvalue weighted by atomic mass is 9.93. The molecule has 0 radical (unpaired) electrons. The molecule has 132 valence electrons. The topological polar surface area (TPSA) is 29.5 Å². The maximum absolute atomic E-state index is 9.05. The van der Waals surface area contributed by atoms with Crippen molar-refractivity contribution >= 4 is 0 Å². The Morgan fingerprint density at radius 1 is 0.923 bits per heavy atom. The molecule has 26 heavy (non-hydrogen) atoms. The molecule has 4 rings (SSSR count). The van der Waals surface area contributed by atoms with Gasteiger partial charge < -0.3 is 9.84 Å². The SMILES string of the molecule is CCCc1cc(-c2cccc3c2Cc2ccccc2-3)ccc1OCCO. The number of fused-ring (bicyclic) bond motifs is 3. The standard InChI is InChI=1S/C24H24O2/c1-2-6-19-15-18(11-12-24(19)26-14-13-25)21-9-5-10-22-20-8-4-3-7-17(20)16-23(21)22/h3-5,7-12,15,25H,2,6,13-14,16H2,1H3. The minimum atomic E-state index is 0.0395. The van der Waals surface area contributed by atoms with Crippen LogP contribution in [0.15, 0.2) is 60.7 Å². The van der Waals surface area contributed by atoms with E-state index in [1.807, 2.05) is 0 Å². The quantitative estimate of drug-likeness (QED) is 0.518. The van der Waals surface area contributed by atoms with E-state index in [9.17, 15) is 0 Å². The second-order valence-corrected chi connectivity index (χ2v) is 6.81. The first-order chi connectivity index (χ1) is 12.8. The Labute approximate surface area is 155 Å². The summed E-state index contributed by atoms with van der Waals surface area (Å²) in [5.41, 5.74) is 9.31. The van der Waals surface area contributed by atoms with Crippen molar-refractivity contribution < 1.29 is 9.84 Å². The van der Waals surface area contributed by atoms with E-state index in [1.165, 1.54) is 38.9 Å². The molecular weight excluding hydrogens is 320 g/mol. The van der Waals surface area contributed by atoms with Crippen LogP contribution in [0.1, 0.15) is 30.0 Å². The van der Waals surface area contributed by atoms with E-state index in [1.54, 1.807) is 0 Å². The third-order valence-corrected chi connectivity index (χ3v) is 5.09. The van der Waals surface area contributed by atoms with Gasteiger partial charge in [0.25, 0.3) is 0 Å². The maximum atomic E-state index is 9.05. The molecule has 0 saturated heterocycles. The van der Waals surface area contributed by atoms with Gasteiger partial charge in [-0.1, -0.05) is 61.9 Å². The molecule has 2 heteroatoms. The first-order valence-corrected chi connectivity index (χ1v) is 9.39. The first-order valence-electron chi connectivity index (χ1n) is 9.39. The molecule has 2 nitrogen and oxygen atoms in total. The van der Waals surface area contributed by atoms with Crippen LogP contribution >= 0.6 is 0 Å². The van der Waals surface area contributed by atoms with E-state index in [-0.39, 0.29) is 6.61 Å². The van der Waals surface area contributed by atoms with Crippen molar-refractivity contribution in [3.05, 3.63) is 77.4 Å². The zero-order chi connectivity index (χ0) is 17.9. The number of ether oxygens (including phenoxy) is 1. The van der Waals surface area contributed by atoms with Crippen LogP contribution < -0.4 is 4.74 Å². The molecule has 0 atom stereocenters. The van der Waals surface area contributed by atoms with Crippen LogP contribution in [0, 0.1) is 0 Å². The summed E-state index contributed by atoms with van der Waals surface area (Å²) in [7, 11) is 0. The predicted octanol–water partition coefficient (Wildman–Crippen LogP) is 5.25. The second kappa shape index (κ2) is 7.35. The van der Waals surface area contributed by atoms with E-state index in [0.29, 0.717) is 6.61 Å². The van der Waals surface area contributed by atoms with Gasteiger partial charge in [0, 0.05) is 0 Å². The van der Waals surface area contributed by atoms with Crippen molar-refractivity contribution in [2.75, 3.05) is 13.2 Å². The number of aliphatic hydroxyl groups excluding tert-OH is 1. The minimum Gasteiger partial charge on any atom is -0.491 e. The zero-order valence-corrected chi connectivity index (χ0v) is 15.2. The Hall–Kier alpha value is -2.58. The van der Waals surface area contributed by atoms with Gasteiger partial charge in [0.05, 0.1) is 6.61 Å². The van der Waals surface area contributed by atoms with Gasteiger partial charge in [-0.15, -0.1) is 0 Å². The molecule has 0 saturated carbocycles. The lowest BCUT2D eigenvalue weighted by Gasteiger charge is -2.14. The summed E-state index contributed by atoms with van der Waals surface area (Å²) in [6.45, 7) is 2.56. The number of hydrogen-bond acceptors (Lipinski definition) is 2. The summed E-state index contributed by atoms with van der Waals surface area (Å²) < 4.78 is 5.72. The number of hydrogen-bond donors (Lipinski definition) is 1. The Morgan fingerprint density at radius 2 is 1.73 bits per heavy atom. The van der Waals surface area contributed by atoms with Crippen molar-refractivity contribution in [3.8, 4) is 28.0 Å². The van der Waals surface area contributed by atoms with Gasteiger partial charge in [-0.05, 0) is 63.9 Å². The molecular formula is C24H24O2. The van der Waals surface area contributed by atoms with Gasteiger partial charge in [-0.2, -0.15) is 0 Å². The Bertz CT molecular complexity index is 927. The number of aryl methyl sites for hydroxylation is 1. The summed E-state index contributed by atoms with van der Waals surface area (Å²) >= 11 is 0. The Kier molecular flexibility index (Phi) is 4.77. The Morgan fingerprint density at radius 3 is 2.58 bits per heavy atom. The fourth-order valence-electron chi connectivity index (χ4n) is 3.94. The minimum absolute atomic E-state index is 0.0395. The molecule has 0 aromatic heterocycles. The molecule has 0 aliphatic heterocycles. The monoisotopic (exact) mass is 344 g/mol. The largest absolute Gasteiger partial charge is 0.491 e. The third-order valence-electron chi connectivity index (χ3n) is 5.09. The molecule has 1 aliphatic carbocycles. The van der Waals surface area contributed by atoms with Gasteiger partial charge in [0.2, 0.25) is 0 Å². The van der Waals surface area contributed by atoms with E-state index in [4.69, 9.17) is 9.84 Å². The zero-order valence-electron chi connectivity index (χ0n) is 15.2. The molecule has 0 amide bonds. The van der Waals surface area contributed by atoms with E-state index in [0.717, 1.165) is 25.0 Å². The molecule has 0 heterocycles. The highest BCUT2D eigenvalue weighted by molar-refractivity contribution is 5.85. The summed E-state index contributed by atoms with van der Waals surface area (Å²) in [5.74, 6) is 0.889. The number of benzene rings is 3. The fourth-order valence-corrected chi connectivity index (χ4v) is 3.94. The van der Waals surface area contributed by atoms with Crippen LogP contribution in [0.25, 0.3) is 22.3 Å². The highest BCUT2D eigenvalue weighted by Crippen LogP contribution is 2.42. The van der Waals surface area contributed by atoms with Crippen LogP contribution in [0.2, 0.25) is 0 Å². The maximum Gasteiger partial charge on any atom is 0.122 e. The summed E-state index contributed by atoms with van der Waals surface area (Å²) in [5, 5.41) is 9.05. The van der Waals surface area contributed by atoms with Crippen molar-refractivity contribution in [2.45, 2.75) is 26.2 Å². The van der Waals surface area contributed by atoms with Crippen molar-refractivity contribution in [2.24, 2.45) is 0 Å². The second-order valence-electron chi connectivity index (χ2n) is 6.81. The molecule has 3 aromatic rings. The average molecular weight is 344 g/mol. The highest BCUT2D eigenvalue weighted by atomic mass is 16.5. The fraction of sp³-hybridized carbons (Fsp3) is 0.250. The van der Waals surface area contributed by atoms with Gasteiger partial charge in [0.15, 0.2) is 0 Å². The smallest absolute Gasteiger partial charge is 0.122 e. The number of aliphatic hydroxyl groups is 1. The first kappa shape index (κ1) is 16.9. The molecule has 1 N–H and O–H groups in total. The van der Waals surface area contributed by atoms with E-state index in [2.05, 4.69) is 67.6 Å². The molecule has 0 spiro atoms. The Balaban J connectivity index is 1.76. The predicted molar refractivity (Wildman–Crippen MR) is 107 cm³/mol. The lowest BCUT2D eigenvalue weighted by molar-refractivity contribution is 0.200. The summed E-state index contributed by atoms with van der Waals surface area (Å²) in [6.07, 6.45) is 3.04. The molecule has 1 aliphatic rings. The molecule has 3 aromatic carbocycles. The van der Waals surface area contributed by atoms with Gasteiger partial charge >= 0.3 is 0 Å². The van der Waals surface area contributed by atoms with Crippen LogP contribution in [-0.4, -0.2) is 18.3 Å². The number of rotatable bonds is 6. The van der Waals surface area contributed by atoms with Gasteiger partial charge in [-0.3, -0.25) is 0 Å². The van der Waals surface area contributed by atoms with Gasteiger partial charge in [-0.25, -0.2) is 0 Å². The van der Waals surface area contributed by atoms with E-state index < -0.39 is 0 Å². The van der Waals surface area contributed by atoms with Crippen LogP contribution in [0.4, 0.5) is 0 Å². The van der Waals surface area contributed by atoms with Gasteiger partial charge in [0.1, 0.15) is 12.4 Å². The van der Waals surface area contributed by atoms with Crippen molar-refractivity contribution in [1.29, 1.82) is 0 Å². The lowest BCUT2D eigenvalue weighted by Crippen LogP contribution is -2.04. The highest BCUT2D eigenvalue weighted by Gasteiger charge is 2.21. The van der Waals surface area contributed by atoms with Crippen LogP contribution in [0.5, 0.6) is 5.75 Å². The van der Waals surface area contributed by atoms with Crippen LogP contribution in [-0.2, 0) is 12.8 Å². The molecule has 0 fully saturated rings. The average Bonchev–Trinajstić information content (AvgIpc) is 3.06. The van der Waals surface area contributed by atoms with Crippen molar-refractivity contribution in [1.82, 2.24) is 0 Å². The summed E-state index contributed by atoms with van der Waals surface area (Å²) in [4.78, 5) is 0.